The lowest BCUT2D eigenvalue weighted by Crippen LogP contribution is -2.45. The van der Waals surface area contributed by atoms with Crippen LogP contribution in [0.15, 0.2) is 24.4 Å². The summed E-state index contributed by atoms with van der Waals surface area (Å²) >= 11 is 0. The molecule has 1 unspecified atom stereocenters. The second-order valence-corrected chi connectivity index (χ2v) is 11.2. The van der Waals surface area contributed by atoms with Gasteiger partial charge in [0.2, 0.25) is 11.9 Å². The zero-order chi connectivity index (χ0) is 23.3. The van der Waals surface area contributed by atoms with Gasteiger partial charge in [0, 0.05) is 38.1 Å². The number of fused-ring (bicyclic) bond motifs is 2. The SMILES string of the molecule is CN1C(=O)C(C)(C)CN(C2CCCC2)c2nc(Nc3ccc4c(c3)CCN4S(C)=O)ncc21. The molecule has 0 spiro atoms. The number of rotatable bonds is 4. The molecule has 0 saturated heterocycles. The Balaban J connectivity index is 1.48. The van der Waals surface area contributed by atoms with Crippen molar-refractivity contribution < 1.29 is 9.00 Å². The Kier molecular flexibility index (Phi) is 5.55. The molecule has 3 aliphatic rings. The molecule has 8 nitrogen and oxygen atoms in total. The molecular weight excluding hydrogens is 436 g/mol. The van der Waals surface area contributed by atoms with Gasteiger partial charge in [0.05, 0.1) is 17.3 Å². The van der Waals surface area contributed by atoms with Crippen LogP contribution in [0, 0.1) is 5.41 Å². The molecule has 3 heterocycles. The van der Waals surface area contributed by atoms with Crippen molar-refractivity contribution >= 4 is 45.7 Å². The Morgan fingerprint density at radius 2 is 1.94 bits per heavy atom. The van der Waals surface area contributed by atoms with Crippen LogP contribution in [0.25, 0.3) is 0 Å². The first kappa shape index (κ1) is 22.1. The van der Waals surface area contributed by atoms with E-state index < -0.39 is 16.4 Å². The number of hydrogen-bond acceptors (Lipinski definition) is 6. The molecule has 0 bridgehead atoms. The summed E-state index contributed by atoms with van der Waals surface area (Å²) < 4.78 is 13.9. The Morgan fingerprint density at radius 1 is 1.18 bits per heavy atom. The van der Waals surface area contributed by atoms with Gasteiger partial charge in [-0.05, 0) is 56.9 Å². The van der Waals surface area contributed by atoms with Gasteiger partial charge in [-0.3, -0.25) is 9.10 Å². The second kappa shape index (κ2) is 8.27. The number of nitrogens with one attached hydrogen (secondary N) is 1. The predicted molar refractivity (Wildman–Crippen MR) is 134 cm³/mol. The molecule has 1 fully saturated rings. The molecule has 2 aromatic rings. The minimum absolute atomic E-state index is 0.0880. The molecule has 5 rings (SSSR count). The molecule has 1 amide bonds. The number of aromatic nitrogens is 2. The molecule has 2 aliphatic heterocycles. The molecule has 33 heavy (non-hydrogen) atoms. The fraction of sp³-hybridized carbons (Fsp3) is 0.542. The smallest absolute Gasteiger partial charge is 0.234 e. The zero-order valence-electron chi connectivity index (χ0n) is 19.8. The topological polar surface area (TPSA) is 81.7 Å². The quantitative estimate of drug-likeness (QED) is 0.738. The van der Waals surface area contributed by atoms with E-state index in [2.05, 4.69) is 21.3 Å². The predicted octanol–water partition coefficient (Wildman–Crippen LogP) is 3.63. The van der Waals surface area contributed by atoms with Crippen LogP contribution in [0.1, 0.15) is 45.1 Å². The van der Waals surface area contributed by atoms with Crippen molar-refractivity contribution in [2.24, 2.45) is 5.41 Å². The second-order valence-electron chi connectivity index (χ2n) is 9.96. The van der Waals surface area contributed by atoms with E-state index in [-0.39, 0.29) is 5.91 Å². The molecule has 9 heteroatoms. The van der Waals surface area contributed by atoms with Crippen molar-refractivity contribution in [3.05, 3.63) is 30.0 Å². The van der Waals surface area contributed by atoms with Crippen LogP contribution in [0.5, 0.6) is 0 Å². The maximum absolute atomic E-state index is 13.2. The molecule has 1 atom stereocenters. The highest BCUT2D eigenvalue weighted by Crippen LogP contribution is 2.40. The molecular formula is C24H32N6O2S. The van der Waals surface area contributed by atoms with E-state index in [0.29, 0.717) is 18.5 Å². The Morgan fingerprint density at radius 3 is 2.67 bits per heavy atom. The molecule has 176 valence electrons. The number of anilines is 5. The summed E-state index contributed by atoms with van der Waals surface area (Å²) in [6, 6.07) is 6.47. The first-order valence-electron chi connectivity index (χ1n) is 11.7. The van der Waals surface area contributed by atoms with Crippen molar-refractivity contribution in [3.63, 3.8) is 0 Å². The average molecular weight is 469 g/mol. The van der Waals surface area contributed by atoms with E-state index in [0.717, 1.165) is 48.7 Å². The van der Waals surface area contributed by atoms with Crippen molar-refractivity contribution in [2.75, 3.05) is 45.8 Å². The van der Waals surface area contributed by atoms with Gasteiger partial charge >= 0.3 is 0 Å². The van der Waals surface area contributed by atoms with Crippen LogP contribution in [0.3, 0.4) is 0 Å². The van der Waals surface area contributed by atoms with Gasteiger partial charge < -0.3 is 15.1 Å². The first-order chi connectivity index (χ1) is 15.7. The molecule has 1 aromatic carbocycles. The number of hydrogen-bond donors (Lipinski definition) is 1. The summed E-state index contributed by atoms with van der Waals surface area (Å²) in [5, 5.41) is 3.36. The van der Waals surface area contributed by atoms with Crippen LogP contribution in [0.4, 0.5) is 28.8 Å². The van der Waals surface area contributed by atoms with Gasteiger partial charge in [-0.2, -0.15) is 4.98 Å². The molecule has 1 aromatic heterocycles. The Hall–Kier alpha value is -2.68. The highest BCUT2D eigenvalue weighted by Gasteiger charge is 2.41. The summed E-state index contributed by atoms with van der Waals surface area (Å²) in [4.78, 5) is 26.7. The van der Waals surface area contributed by atoms with Gasteiger partial charge in [0.25, 0.3) is 0 Å². The Labute approximate surface area is 198 Å². The zero-order valence-corrected chi connectivity index (χ0v) is 20.6. The minimum Gasteiger partial charge on any atom is -0.351 e. The molecule has 1 N–H and O–H groups in total. The summed E-state index contributed by atoms with van der Waals surface area (Å²) in [5.41, 5.74) is 3.36. The summed E-state index contributed by atoms with van der Waals surface area (Å²) in [5.74, 6) is 1.44. The number of carbonyl (C=O) groups excluding carboxylic acids is 1. The third kappa shape index (κ3) is 3.96. The van der Waals surface area contributed by atoms with Crippen molar-refractivity contribution in [1.29, 1.82) is 0 Å². The Bertz CT molecular complexity index is 1110. The van der Waals surface area contributed by atoms with Gasteiger partial charge in [-0.15, -0.1) is 0 Å². The van der Waals surface area contributed by atoms with Crippen molar-refractivity contribution in [3.8, 4) is 0 Å². The van der Waals surface area contributed by atoms with Gasteiger partial charge in [0.15, 0.2) is 5.82 Å². The number of carbonyl (C=O) groups is 1. The van der Waals surface area contributed by atoms with E-state index in [1.54, 1.807) is 17.4 Å². The van der Waals surface area contributed by atoms with Crippen molar-refractivity contribution in [1.82, 2.24) is 9.97 Å². The van der Waals surface area contributed by atoms with Crippen LogP contribution in [-0.2, 0) is 22.2 Å². The average Bonchev–Trinajstić information content (AvgIpc) is 3.45. The normalized spacial score (nSPS) is 21.1. The fourth-order valence-corrected chi connectivity index (χ4v) is 6.17. The van der Waals surface area contributed by atoms with Crippen LogP contribution in [-0.4, -0.2) is 52.5 Å². The third-order valence-corrected chi connectivity index (χ3v) is 8.10. The first-order valence-corrected chi connectivity index (χ1v) is 13.2. The van der Waals surface area contributed by atoms with Crippen LogP contribution < -0.4 is 19.4 Å². The van der Waals surface area contributed by atoms with Gasteiger partial charge in [0.1, 0.15) is 16.7 Å². The van der Waals surface area contributed by atoms with Crippen molar-refractivity contribution in [2.45, 2.75) is 52.0 Å². The largest absolute Gasteiger partial charge is 0.351 e. The lowest BCUT2D eigenvalue weighted by Gasteiger charge is -2.34. The highest BCUT2D eigenvalue weighted by atomic mass is 32.2. The van der Waals surface area contributed by atoms with E-state index in [9.17, 15) is 9.00 Å². The lowest BCUT2D eigenvalue weighted by atomic mass is 9.91. The maximum Gasteiger partial charge on any atom is 0.234 e. The van der Waals surface area contributed by atoms with Gasteiger partial charge in [-0.25, -0.2) is 9.19 Å². The van der Waals surface area contributed by atoms with E-state index in [1.807, 2.05) is 37.3 Å². The van der Waals surface area contributed by atoms with E-state index in [4.69, 9.17) is 4.98 Å². The highest BCUT2D eigenvalue weighted by molar-refractivity contribution is 7.85. The lowest BCUT2D eigenvalue weighted by molar-refractivity contribution is -0.125. The molecule has 1 saturated carbocycles. The van der Waals surface area contributed by atoms with Crippen LogP contribution in [0.2, 0.25) is 0 Å². The fourth-order valence-electron chi connectivity index (χ4n) is 5.37. The van der Waals surface area contributed by atoms with E-state index in [1.165, 1.54) is 18.4 Å². The van der Waals surface area contributed by atoms with E-state index >= 15 is 0 Å². The van der Waals surface area contributed by atoms with Gasteiger partial charge in [-0.1, -0.05) is 12.8 Å². The van der Waals surface area contributed by atoms with Crippen LogP contribution >= 0.6 is 0 Å². The molecule has 0 radical (unpaired) electrons. The minimum atomic E-state index is -1.02. The summed E-state index contributed by atoms with van der Waals surface area (Å²) in [6.07, 6.45) is 9.02. The molecule has 1 aliphatic carbocycles. The summed E-state index contributed by atoms with van der Waals surface area (Å²) in [6.45, 7) is 5.45. The number of nitrogens with zero attached hydrogens (tertiary/aromatic N) is 5. The standard InChI is InChI=1S/C24H32N6O2S/c1-24(2)15-29(18-7-5-6-8-18)21-20(28(3)22(24)31)14-25-23(27-21)26-17-9-10-19-16(13-17)11-12-30(19)33(4)32/h9-10,13-14,18H,5-8,11-12,15H2,1-4H3,(H,25,26,27). The number of amides is 1. The maximum atomic E-state index is 13.2. The number of benzene rings is 1. The third-order valence-electron chi connectivity index (χ3n) is 7.10. The summed E-state index contributed by atoms with van der Waals surface area (Å²) in [7, 11) is 0.803. The monoisotopic (exact) mass is 468 g/mol.